The minimum atomic E-state index is -0.344. The zero-order chi connectivity index (χ0) is 18.5. The second-order valence-corrected chi connectivity index (χ2v) is 6.12. The molecule has 2 aromatic heterocycles. The van der Waals surface area contributed by atoms with Crippen LogP contribution in [0.2, 0.25) is 0 Å². The molecule has 0 saturated heterocycles. The van der Waals surface area contributed by atoms with Gasteiger partial charge in [0.15, 0.2) is 0 Å². The molecule has 132 valence electrons. The second-order valence-electron chi connectivity index (χ2n) is 6.12. The van der Waals surface area contributed by atoms with Crippen LogP contribution >= 0.6 is 0 Å². The van der Waals surface area contributed by atoms with Crippen LogP contribution in [0, 0.1) is 0 Å². The standard InChI is InChI=1S/C23H18N2O2/c26-21(14-13-19-10-4-9-17-11-5-15-24-22(17)19)25-23(20-12-6-16-27-20)18-7-2-1-3-8-18/h1-16,23H,(H,25,26)/b14-13+. The average molecular weight is 354 g/mol. The van der Waals surface area contributed by atoms with Gasteiger partial charge in [-0.2, -0.15) is 0 Å². The maximum absolute atomic E-state index is 12.6. The highest BCUT2D eigenvalue weighted by atomic mass is 16.3. The Morgan fingerprint density at radius 3 is 2.63 bits per heavy atom. The lowest BCUT2D eigenvalue weighted by atomic mass is 10.0. The van der Waals surface area contributed by atoms with Gasteiger partial charge in [0.05, 0.1) is 11.8 Å². The normalized spacial score (nSPS) is 12.3. The zero-order valence-electron chi connectivity index (χ0n) is 14.6. The Balaban J connectivity index is 1.57. The van der Waals surface area contributed by atoms with E-state index in [2.05, 4.69) is 10.3 Å². The summed E-state index contributed by atoms with van der Waals surface area (Å²) >= 11 is 0. The van der Waals surface area contributed by atoms with Gasteiger partial charge in [-0.25, -0.2) is 0 Å². The molecule has 0 aliphatic heterocycles. The summed E-state index contributed by atoms with van der Waals surface area (Å²) in [7, 11) is 0. The molecule has 4 heteroatoms. The van der Waals surface area contributed by atoms with E-state index < -0.39 is 0 Å². The molecule has 4 aromatic rings. The molecule has 0 spiro atoms. The number of benzene rings is 2. The maximum atomic E-state index is 12.6. The van der Waals surface area contributed by atoms with Crippen LogP contribution < -0.4 is 5.32 Å². The van der Waals surface area contributed by atoms with Gasteiger partial charge < -0.3 is 9.73 Å². The van der Waals surface area contributed by atoms with E-state index in [1.807, 2.05) is 72.8 Å². The van der Waals surface area contributed by atoms with Crippen molar-refractivity contribution >= 4 is 22.9 Å². The quantitative estimate of drug-likeness (QED) is 0.526. The molecule has 4 rings (SSSR count). The molecule has 0 fully saturated rings. The van der Waals surface area contributed by atoms with Crippen LogP contribution in [0.15, 0.2) is 95.7 Å². The van der Waals surface area contributed by atoms with Crippen LogP contribution in [0.1, 0.15) is 22.9 Å². The fraction of sp³-hybridized carbons (Fsp3) is 0.0435. The van der Waals surface area contributed by atoms with Crippen LogP contribution in [0.3, 0.4) is 0 Å². The number of rotatable bonds is 5. The summed E-state index contributed by atoms with van der Waals surface area (Å²) in [5.41, 5.74) is 2.73. The first-order chi connectivity index (χ1) is 13.3. The average Bonchev–Trinajstić information content (AvgIpc) is 3.25. The van der Waals surface area contributed by atoms with Gasteiger partial charge in [-0.05, 0) is 29.8 Å². The predicted octanol–water partition coefficient (Wildman–Crippen LogP) is 4.75. The number of hydrogen-bond acceptors (Lipinski definition) is 3. The van der Waals surface area contributed by atoms with Crippen LogP contribution in [-0.4, -0.2) is 10.9 Å². The summed E-state index contributed by atoms with van der Waals surface area (Å²) in [4.78, 5) is 17.0. The third-order valence-electron chi connectivity index (χ3n) is 4.33. The summed E-state index contributed by atoms with van der Waals surface area (Å²) in [5, 5.41) is 4.05. The first-order valence-electron chi connectivity index (χ1n) is 8.72. The van der Waals surface area contributed by atoms with Crippen molar-refractivity contribution in [3.63, 3.8) is 0 Å². The van der Waals surface area contributed by atoms with Crippen molar-refractivity contribution in [2.45, 2.75) is 6.04 Å². The predicted molar refractivity (Wildman–Crippen MR) is 106 cm³/mol. The Kier molecular flexibility index (Phi) is 4.79. The van der Waals surface area contributed by atoms with Crippen molar-refractivity contribution in [2.75, 3.05) is 0 Å². The van der Waals surface area contributed by atoms with E-state index in [-0.39, 0.29) is 11.9 Å². The Hall–Kier alpha value is -3.66. The molecular weight excluding hydrogens is 336 g/mol. The molecule has 1 amide bonds. The Labute approximate surface area is 157 Å². The first-order valence-corrected chi connectivity index (χ1v) is 8.72. The lowest BCUT2D eigenvalue weighted by Gasteiger charge is -2.16. The molecule has 2 heterocycles. The third kappa shape index (κ3) is 3.80. The Morgan fingerprint density at radius 2 is 1.81 bits per heavy atom. The van der Waals surface area contributed by atoms with Crippen molar-refractivity contribution < 1.29 is 9.21 Å². The van der Waals surface area contributed by atoms with Crippen LogP contribution in [0.5, 0.6) is 0 Å². The fourth-order valence-corrected chi connectivity index (χ4v) is 3.04. The Morgan fingerprint density at radius 1 is 0.963 bits per heavy atom. The minimum Gasteiger partial charge on any atom is -0.467 e. The molecule has 0 saturated carbocycles. The number of amides is 1. The monoisotopic (exact) mass is 354 g/mol. The number of pyridine rings is 1. The summed E-state index contributed by atoms with van der Waals surface area (Å²) in [6.45, 7) is 0. The maximum Gasteiger partial charge on any atom is 0.244 e. The van der Waals surface area contributed by atoms with E-state index in [1.165, 1.54) is 6.08 Å². The van der Waals surface area contributed by atoms with E-state index in [1.54, 1.807) is 18.5 Å². The van der Waals surface area contributed by atoms with Crippen molar-refractivity contribution in [1.82, 2.24) is 10.3 Å². The van der Waals surface area contributed by atoms with E-state index in [9.17, 15) is 4.79 Å². The highest BCUT2D eigenvalue weighted by Gasteiger charge is 2.18. The molecular formula is C23H18N2O2. The number of carbonyl (C=O) groups is 1. The highest BCUT2D eigenvalue weighted by Crippen LogP contribution is 2.22. The van der Waals surface area contributed by atoms with E-state index in [4.69, 9.17) is 4.42 Å². The van der Waals surface area contributed by atoms with Crippen LogP contribution in [0.25, 0.3) is 17.0 Å². The van der Waals surface area contributed by atoms with Gasteiger partial charge in [-0.15, -0.1) is 0 Å². The summed E-state index contributed by atoms with van der Waals surface area (Å²) < 4.78 is 5.52. The topological polar surface area (TPSA) is 55.1 Å². The molecule has 0 aliphatic carbocycles. The van der Waals surface area contributed by atoms with E-state index in [0.717, 1.165) is 22.0 Å². The van der Waals surface area contributed by atoms with Gasteiger partial charge in [0.2, 0.25) is 5.91 Å². The fourth-order valence-electron chi connectivity index (χ4n) is 3.04. The largest absolute Gasteiger partial charge is 0.467 e. The van der Waals surface area contributed by atoms with Gasteiger partial charge in [-0.1, -0.05) is 54.6 Å². The molecule has 1 unspecified atom stereocenters. The van der Waals surface area contributed by atoms with Gasteiger partial charge in [0.1, 0.15) is 11.8 Å². The summed E-state index contributed by atoms with van der Waals surface area (Å²) in [5.74, 6) is 0.489. The van der Waals surface area contributed by atoms with Crippen molar-refractivity contribution in [2.24, 2.45) is 0 Å². The third-order valence-corrected chi connectivity index (χ3v) is 4.33. The molecule has 1 atom stereocenters. The first kappa shape index (κ1) is 16.8. The summed E-state index contributed by atoms with van der Waals surface area (Å²) in [6, 6.07) is 22.9. The second kappa shape index (κ2) is 7.70. The molecule has 4 nitrogen and oxygen atoms in total. The zero-order valence-corrected chi connectivity index (χ0v) is 14.6. The number of nitrogens with zero attached hydrogens (tertiary/aromatic N) is 1. The molecule has 2 aromatic carbocycles. The number of aromatic nitrogens is 1. The van der Waals surface area contributed by atoms with Crippen molar-refractivity contribution in [3.05, 3.63) is 108 Å². The van der Waals surface area contributed by atoms with Crippen LogP contribution in [-0.2, 0) is 4.79 Å². The number of para-hydroxylation sites is 1. The number of furan rings is 1. The number of carbonyl (C=O) groups excluding carboxylic acids is 1. The van der Waals surface area contributed by atoms with Crippen molar-refractivity contribution in [3.8, 4) is 0 Å². The molecule has 0 aliphatic rings. The molecule has 0 bridgehead atoms. The number of hydrogen-bond donors (Lipinski definition) is 1. The van der Waals surface area contributed by atoms with E-state index >= 15 is 0 Å². The molecule has 0 radical (unpaired) electrons. The summed E-state index contributed by atoms with van der Waals surface area (Å²) in [6.07, 6.45) is 6.67. The van der Waals surface area contributed by atoms with Crippen molar-refractivity contribution in [1.29, 1.82) is 0 Å². The molecule has 1 N–H and O–H groups in total. The van der Waals surface area contributed by atoms with Gasteiger partial charge in [0.25, 0.3) is 0 Å². The smallest absolute Gasteiger partial charge is 0.244 e. The van der Waals surface area contributed by atoms with E-state index in [0.29, 0.717) is 5.76 Å². The Bertz CT molecular complexity index is 1060. The lowest BCUT2D eigenvalue weighted by molar-refractivity contribution is -0.117. The van der Waals surface area contributed by atoms with Gasteiger partial charge in [-0.3, -0.25) is 9.78 Å². The minimum absolute atomic E-state index is 0.201. The van der Waals surface area contributed by atoms with Crippen LogP contribution in [0.4, 0.5) is 0 Å². The molecule has 27 heavy (non-hydrogen) atoms. The number of nitrogens with one attached hydrogen (secondary N) is 1. The van der Waals surface area contributed by atoms with Gasteiger partial charge in [0, 0.05) is 23.2 Å². The van der Waals surface area contributed by atoms with Gasteiger partial charge >= 0.3 is 0 Å². The highest BCUT2D eigenvalue weighted by molar-refractivity contribution is 5.95. The SMILES string of the molecule is O=C(/C=C/c1cccc2cccnc12)NC(c1ccccc1)c1ccco1. The number of fused-ring (bicyclic) bond motifs is 1. The lowest BCUT2D eigenvalue weighted by Crippen LogP contribution is -2.27.